The normalized spacial score (nSPS) is 45.4. The SMILES string of the molecule is N#C[C@H]1C[C@H]2C=C[C@@H]1O2. The van der Waals surface area contributed by atoms with E-state index in [1.807, 2.05) is 12.2 Å². The van der Waals surface area contributed by atoms with E-state index < -0.39 is 0 Å². The van der Waals surface area contributed by atoms with Crippen LogP contribution in [-0.4, -0.2) is 12.2 Å². The second-order valence-corrected chi connectivity index (χ2v) is 2.50. The second kappa shape index (κ2) is 1.58. The molecule has 2 heteroatoms. The standard InChI is InChI=1S/C7H7NO/c8-4-5-3-6-1-2-7(5)9-6/h1-2,5-7H,3H2/t5-,6-,7+/m1/s1. The Morgan fingerprint density at radius 1 is 1.56 bits per heavy atom. The number of nitriles is 1. The molecule has 0 aromatic carbocycles. The van der Waals surface area contributed by atoms with E-state index in [1.165, 1.54) is 0 Å². The van der Waals surface area contributed by atoms with Crippen molar-refractivity contribution in [2.24, 2.45) is 5.92 Å². The summed E-state index contributed by atoms with van der Waals surface area (Å²) in [4.78, 5) is 0. The van der Waals surface area contributed by atoms with Gasteiger partial charge in [-0.15, -0.1) is 0 Å². The molecule has 46 valence electrons. The minimum atomic E-state index is 0.111. The summed E-state index contributed by atoms with van der Waals surface area (Å²) in [6.45, 7) is 0. The van der Waals surface area contributed by atoms with Gasteiger partial charge < -0.3 is 4.74 Å². The summed E-state index contributed by atoms with van der Waals surface area (Å²) < 4.78 is 5.34. The fourth-order valence-electron chi connectivity index (χ4n) is 1.40. The third-order valence-electron chi connectivity index (χ3n) is 1.90. The van der Waals surface area contributed by atoms with Crippen LogP contribution in [0.3, 0.4) is 0 Å². The first kappa shape index (κ1) is 5.01. The third kappa shape index (κ3) is 0.585. The highest BCUT2D eigenvalue weighted by Crippen LogP contribution is 2.32. The molecule has 0 N–H and O–H groups in total. The molecule has 2 aliphatic heterocycles. The van der Waals surface area contributed by atoms with Crippen molar-refractivity contribution < 1.29 is 4.74 Å². The van der Waals surface area contributed by atoms with Crippen molar-refractivity contribution in [3.05, 3.63) is 12.2 Å². The molecule has 0 spiro atoms. The Bertz CT molecular complexity index is 192. The number of rotatable bonds is 0. The van der Waals surface area contributed by atoms with E-state index in [0.717, 1.165) is 6.42 Å². The monoisotopic (exact) mass is 121 g/mol. The van der Waals surface area contributed by atoms with Gasteiger partial charge in [0.2, 0.25) is 0 Å². The van der Waals surface area contributed by atoms with Gasteiger partial charge in [-0.3, -0.25) is 0 Å². The van der Waals surface area contributed by atoms with Crippen LogP contribution in [0.15, 0.2) is 12.2 Å². The molecule has 0 aliphatic carbocycles. The van der Waals surface area contributed by atoms with Crippen LogP contribution in [0.4, 0.5) is 0 Å². The van der Waals surface area contributed by atoms with Crippen LogP contribution in [0.2, 0.25) is 0 Å². The summed E-state index contributed by atoms with van der Waals surface area (Å²) in [5.74, 6) is 0.125. The van der Waals surface area contributed by atoms with E-state index in [2.05, 4.69) is 6.07 Å². The summed E-state index contributed by atoms with van der Waals surface area (Å²) in [5.41, 5.74) is 0. The molecular formula is C7H7NO. The lowest BCUT2D eigenvalue weighted by molar-refractivity contribution is 0.114. The van der Waals surface area contributed by atoms with Crippen LogP contribution >= 0.6 is 0 Å². The molecule has 0 radical (unpaired) electrons. The van der Waals surface area contributed by atoms with Crippen LogP contribution in [0.25, 0.3) is 0 Å². The van der Waals surface area contributed by atoms with Crippen LogP contribution in [0, 0.1) is 17.2 Å². The molecular weight excluding hydrogens is 114 g/mol. The number of hydrogen-bond acceptors (Lipinski definition) is 2. The van der Waals surface area contributed by atoms with E-state index in [9.17, 15) is 0 Å². The Kier molecular flexibility index (Phi) is 0.882. The van der Waals surface area contributed by atoms with E-state index in [1.54, 1.807) is 0 Å². The van der Waals surface area contributed by atoms with Gasteiger partial charge in [-0.1, -0.05) is 12.2 Å². The molecule has 0 unspecified atom stereocenters. The zero-order valence-electron chi connectivity index (χ0n) is 4.95. The van der Waals surface area contributed by atoms with Crippen molar-refractivity contribution in [2.45, 2.75) is 18.6 Å². The zero-order chi connectivity index (χ0) is 6.27. The number of nitrogens with zero attached hydrogens (tertiary/aromatic N) is 1. The average molecular weight is 121 g/mol. The third-order valence-corrected chi connectivity index (χ3v) is 1.90. The number of fused-ring (bicyclic) bond motifs is 2. The number of hydrogen-bond donors (Lipinski definition) is 0. The Morgan fingerprint density at radius 2 is 2.44 bits per heavy atom. The predicted molar refractivity (Wildman–Crippen MR) is 31.5 cm³/mol. The highest BCUT2D eigenvalue weighted by molar-refractivity contribution is 5.15. The molecule has 2 nitrogen and oxygen atoms in total. The fourth-order valence-corrected chi connectivity index (χ4v) is 1.40. The highest BCUT2D eigenvalue weighted by atomic mass is 16.5. The first-order valence-corrected chi connectivity index (χ1v) is 3.13. The lowest BCUT2D eigenvalue weighted by Gasteiger charge is -2.03. The molecule has 9 heavy (non-hydrogen) atoms. The van der Waals surface area contributed by atoms with E-state index in [-0.39, 0.29) is 18.1 Å². The van der Waals surface area contributed by atoms with E-state index >= 15 is 0 Å². The van der Waals surface area contributed by atoms with Crippen molar-refractivity contribution in [1.82, 2.24) is 0 Å². The van der Waals surface area contributed by atoms with E-state index in [4.69, 9.17) is 10.00 Å². The minimum absolute atomic E-state index is 0.111. The van der Waals surface area contributed by atoms with Crippen LogP contribution in [-0.2, 0) is 4.74 Å². The molecule has 0 saturated carbocycles. The summed E-state index contributed by atoms with van der Waals surface area (Å²) >= 11 is 0. The fraction of sp³-hybridized carbons (Fsp3) is 0.571. The summed E-state index contributed by atoms with van der Waals surface area (Å²) in [6.07, 6.45) is 5.29. The van der Waals surface area contributed by atoms with Gasteiger partial charge >= 0.3 is 0 Å². The van der Waals surface area contributed by atoms with Crippen LogP contribution in [0.1, 0.15) is 6.42 Å². The quantitative estimate of drug-likeness (QED) is 0.445. The first-order chi connectivity index (χ1) is 4.40. The molecule has 0 aromatic rings. The van der Waals surface area contributed by atoms with Gasteiger partial charge in [0.25, 0.3) is 0 Å². The molecule has 2 aliphatic rings. The summed E-state index contributed by atoms with van der Waals surface area (Å²) in [7, 11) is 0. The molecule has 1 saturated heterocycles. The Hall–Kier alpha value is -0.810. The lowest BCUT2D eigenvalue weighted by Crippen LogP contribution is -2.09. The van der Waals surface area contributed by atoms with Gasteiger partial charge in [-0.2, -0.15) is 5.26 Å². The van der Waals surface area contributed by atoms with Gasteiger partial charge in [-0.05, 0) is 6.42 Å². The maximum Gasteiger partial charge on any atom is 0.0924 e. The Labute approximate surface area is 53.7 Å². The largest absolute Gasteiger partial charge is 0.365 e. The lowest BCUT2D eigenvalue weighted by atomic mass is 9.96. The van der Waals surface area contributed by atoms with Crippen molar-refractivity contribution >= 4 is 0 Å². The molecule has 0 amide bonds. The molecule has 3 atom stereocenters. The van der Waals surface area contributed by atoms with Gasteiger partial charge in [0.05, 0.1) is 24.2 Å². The average Bonchev–Trinajstić information content (AvgIpc) is 2.45. The van der Waals surface area contributed by atoms with E-state index in [0.29, 0.717) is 0 Å². The molecule has 1 fully saturated rings. The molecule has 0 aromatic heterocycles. The topological polar surface area (TPSA) is 33.0 Å². The minimum Gasteiger partial charge on any atom is -0.365 e. The predicted octanol–water partition coefficient (Wildman–Crippen LogP) is 0.853. The first-order valence-electron chi connectivity index (χ1n) is 3.13. The second-order valence-electron chi connectivity index (χ2n) is 2.50. The highest BCUT2D eigenvalue weighted by Gasteiger charge is 2.36. The maximum absolute atomic E-state index is 8.52. The molecule has 2 rings (SSSR count). The Morgan fingerprint density at radius 3 is 2.78 bits per heavy atom. The van der Waals surface area contributed by atoms with Gasteiger partial charge in [0.1, 0.15) is 0 Å². The summed E-state index contributed by atoms with van der Waals surface area (Å²) in [5, 5.41) is 8.52. The van der Waals surface area contributed by atoms with Crippen molar-refractivity contribution in [1.29, 1.82) is 5.26 Å². The smallest absolute Gasteiger partial charge is 0.0924 e. The van der Waals surface area contributed by atoms with Crippen molar-refractivity contribution in [2.75, 3.05) is 0 Å². The molecule has 2 bridgehead atoms. The van der Waals surface area contributed by atoms with Gasteiger partial charge in [0.15, 0.2) is 0 Å². The van der Waals surface area contributed by atoms with Crippen molar-refractivity contribution in [3.8, 4) is 6.07 Å². The zero-order valence-corrected chi connectivity index (χ0v) is 4.95. The van der Waals surface area contributed by atoms with Crippen LogP contribution in [0.5, 0.6) is 0 Å². The van der Waals surface area contributed by atoms with Gasteiger partial charge in [0, 0.05) is 0 Å². The van der Waals surface area contributed by atoms with Crippen LogP contribution < -0.4 is 0 Å². The van der Waals surface area contributed by atoms with Gasteiger partial charge in [-0.25, -0.2) is 0 Å². The Balaban J connectivity index is 2.22. The molecule has 2 heterocycles. The van der Waals surface area contributed by atoms with Crippen molar-refractivity contribution in [3.63, 3.8) is 0 Å². The number of ether oxygens (including phenoxy) is 1. The maximum atomic E-state index is 8.52. The summed E-state index contributed by atoms with van der Waals surface area (Å²) in [6, 6.07) is 2.22.